The number of fused-ring (bicyclic) bond motifs is 1. The monoisotopic (exact) mass is 305 g/mol. The van der Waals surface area contributed by atoms with Gasteiger partial charge >= 0.3 is 0 Å². The van der Waals surface area contributed by atoms with Gasteiger partial charge in [0, 0.05) is 18.9 Å². The number of hydrogen-bond acceptors (Lipinski definition) is 5. The van der Waals surface area contributed by atoms with Crippen LogP contribution in [0.1, 0.15) is 11.3 Å². The van der Waals surface area contributed by atoms with Gasteiger partial charge in [-0.15, -0.1) is 0 Å². The summed E-state index contributed by atoms with van der Waals surface area (Å²) in [6.45, 7) is 0.966. The molecule has 2 N–H and O–H groups in total. The second-order valence-corrected chi connectivity index (χ2v) is 5.13. The second-order valence-electron chi connectivity index (χ2n) is 5.13. The first-order valence-corrected chi connectivity index (χ1v) is 7.31. The van der Waals surface area contributed by atoms with Gasteiger partial charge in [-0.2, -0.15) is 5.10 Å². The molecule has 0 unspecified atom stereocenters. The Balaban J connectivity index is 1.94. The van der Waals surface area contributed by atoms with Crippen molar-refractivity contribution in [2.45, 2.75) is 13.1 Å². The van der Waals surface area contributed by atoms with E-state index >= 15 is 0 Å². The predicted octanol–water partition coefficient (Wildman–Crippen LogP) is 1.52. The maximum Gasteiger partial charge on any atom is 0.233 e. The van der Waals surface area contributed by atoms with E-state index < -0.39 is 0 Å². The number of imidazole rings is 1. The molecule has 0 aliphatic heterocycles. The van der Waals surface area contributed by atoms with Crippen LogP contribution >= 0.6 is 0 Å². The van der Waals surface area contributed by atoms with Crippen LogP contribution in [0.25, 0.3) is 17.1 Å². The van der Waals surface area contributed by atoms with E-state index in [4.69, 9.17) is 5.73 Å². The molecule has 0 aliphatic rings. The summed E-state index contributed by atoms with van der Waals surface area (Å²) in [7, 11) is 0. The molecule has 23 heavy (non-hydrogen) atoms. The molecule has 0 saturated heterocycles. The van der Waals surface area contributed by atoms with Crippen molar-refractivity contribution in [3.05, 3.63) is 66.4 Å². The van der Waals surface area contributed by atoms with Gasteiger partial charge in [0.05, 0.1) is 12.2 Å². The lowest BCUT2D eigenvalue weighted by Gasteiger charge is -2.08. The van der Waals surface area contributed by atoms with Gasteiger partial charge in [-0.25, -0.2) is 19.6 Å². The van der Waals surface area contributed by atoms with E-state index in [1.54, 1.807) is 10.9 Å². The lowest BCUT2D eigenvalue weighted by Crippen LogP contribution is -2.09. The van der Waals surface area contributed by atoms with Crippen molar-refractivity contribution in [2.75, 3.05) is 0 Å². The van der Waals surface area contributed by atoms with Gasteiger partial charge in [0.1, 0.15) is 11.8 Å². The van der Waals surface area contributed by atoms with Crippen LogP contribution in [0.4, 0.5) is 0 Å². The average molecular weight is 305 g/mol. The highest BCUT2D eigenvalue weighted by Gasteiger charge is 2.17. The molecule has 0 amide bonds. The van der Waals surface area contributed by atoms with Crippen molar-refractivity contribution in [3.63, 3.8) is 0 Å². The third kappa shape index (κ3) is 2.36. The van der Waals surface area contributed by atoms with Gasteiger partial charge in [-0.05, 0) is 11.6 Å². The maximum absolute atomic E-state index is 5.78. The SMILES string of the molecule is NCc1ncnc2c1nc(-n1cccn1)n2Cc1ccccc1. The molecule has 0 bridgehead atoms. The Kier molecular flexibility index (Phi) is 3.32. The fourth-order valence-electron chi connectivity index (χ4n) is 2.59. The molecule has 3 aromatic heterocycles. The van der Waals surface area contributed by atoms with Crippen LogP contribution in [-0.4, -0.2) is 29.3 Å². The van der Waals surface area contributed by atoms with Crippen molar-refractivity contribution in [1.29, 1.82) is 0 Å². The molecule has 1 aromatic carbocycles. The van der Waals surface area contributed by atoms with Crippen LogP contribution in [0, 0.1) is 0 Å². The number of aromatic nitrogens is 6. The van der Waals surface area contributed by atoms with E-state index in [2.05, 4.69) is 32.2 Å². The Morgan fingerprint density at radius 3 is 2.65 bits per heavy atom. The maximum atomic E-state index is 5.78. The number of hydrogen-bond donors (Lipinski definition) is 1. The first kappa shape index (κ1) is 13.6. The van der Waals surface area contributed by atoms with Crippen LogP contribution < -0.4 is 5.73 Å². The molecule has 0 saturated carbocycles. The lowest BCUT2D eigenvalue weighted by molar-refractivity contribution is 0.715. The van der Waals surface area contributed by atoms with E-state index in [1.165, 1.54) is 6.33 Å². The van der Waals surface area contributed by atoms with E-state index in [0.29, 0.717) is 19.0 Å². The van der Waals surface area contributed by atoms with Gasteiger partial charge in [-0.3, -0.25) is 4.57 Å². The summed E-state index contributed by atoms with van der Waals surface area (Å²) in [6, 6.07) is 12.0. The third-order valence-electron chi connectivity index (χ3n) is 3.67. The molecule has 0 spiro atoms. The van der Waals surface area contributed by atoms with Crippen molar-refractivity contribution in [3.8, 4) is 5.95 Å². The van der Waals surface area contributed by atoms with Gasteiger partial charge in [-0.1, -0.05) is 30.3 Å². The number of benzene rings is 1. The summed E-state index contributed by atoms with van der Waals surface area (Å²) in [5, 5.41) is 4.29. The highest BCUT2D eigenvalue weighted by Crippen LogP contribution is 2.20. The molecule has 7 heteroatoms. The first-order chi connectivity index (χ1) is 11.4. The first-order valence-electron chi connectivity index (χ1n) is 7.31. The largest absolute Gasteiger partial charge is 0.325 e. The van der Waals surface area contributed by atoms with E-state index in [9.17, 15) is 0 Å². The summed E-state index contributed by atoms with van der Waals surface area (Å²) in [5.41, 5.74) is 9.15. The number of nitrogens with two attached hydrogens (primary N) is 1. The molecule has 4 rings (SSSR count). The van der Waals surface area contributed by atoms with Gasteiger partial charge in [0.15, 0.2) is 5.65 Å². The molecule has 0 aliphatic carbocycles. The van der Waals surface area contributed by atoms with Gasteiger partial charge < -0.3 is 5.73 Å². The quantitative estimate of drug-likeness (QED) is 0.617. The number of nitrogens with zero attached hydrogens (tertiary/aromatic N) is 6. The van der Waals surface area contributed by atoms with Crippen molar-refractivity contribution >= 4 is 11.2 Å². The van der Waals surface area contributed by atoms with Crippen molar-refractivity contribution in [1.82, 2.24) is 29.3 Å². The minimum Gasteiger partial charge on any atom is -0.325 e. The summed E-state index contributed by atoms with van der Waals surface area (Å²) >= 11 is 0. The zero-order valence-electron chi connectivity index (χ0n) is 12.4. The minimum atomic E-state index is 0.319. The molecular formula is C16H15N7. The molecule has 114 valence electrons. The van der Waals surface area contributed by atoms with Crippen LogP contribution in [0.2, 0.25) is 0 Å². The summed E-state index contributed by atoms with van der Waals surface area (Å²) in [4.78, 5) is 13.3. The normalized spacial score (nSPS) is 11.2. The van der Waals surface area contributed by atoms with Gasteiger partial charge in [0.25, 0.3) is 0 Å². The Bertz CT molecular complexity index is 926. The Morgan fingerprint density at radius 1 is 1.04 bits per heavy atom. The fourth-order valence-corrected chi connectivity index (χ4v) is 2.59. The molecule has 0 fully saturated rings. The standard InChI is InChI=1S/C16H15N7/c17-9-13-14-15(19-11-18-13)22(10-12-5-2-1-3-6-12)16(21-14)23-8-4-7-20-23/h1-8,11H,9-10,17H2. The van der Waals surface area contributed by atoms with E-state index in [0.717, 1.165) is 22.4 Å². The van der Waals surface area contributed by atoms with E-state index in [1.807, 2.05) is 35.0 Å². The molecule has 0 atom stereocenters. The van der Waals surface area contributed by atoms with Crippen LogP contribution in [0.5, 0.6) is 0 Å². The Morgan fingerprint density at radius 2 is 1.91 bits per heavy atom. The summed E-state index contributed by atoms with van der Waals surface area (Å²) < 4.78 is 3.75. The lowest BCUT2D eigenvalue weighted by atomic mass is 10.2. The topological polar surface area (TPSA) is 87.4 Å². The molecule has 3 heterocycles. The number of rotatable bonds is 4. The van der Waals surface area contributed by atoms with Gasteiger partial charge in [0.2, 0.25) is 5.95 Å². The van der Waals surface area contributed by atoms with Crippen molar-refractivity contribution < 1.29 is 0 Å². The van der Waals surface area contributed by atoms with Crippen molar-refractivity contribution in [2.24, 2.45) is 5.73 Å². The van der Waals surface area contributed by atoms with Crippen LogP contribution in [-0.2, 0) is 13.1 Å². The van der Waals surface area contributed by atoms with Crippen LogP contribution in [0.15, 0.2) is 55.1 Å². The smallest absolute Gasteiger partial charge is 0.233 e. The molecule has 4 aromatic rings. The zero-order chi connectivity index (χ0) is 15.6. The second kappa shape index (κ2) is 5.62. The Hall–Kier alpha value is -3.06. The Labute approximate surface area is 132 Å². The van der Waals surface area contributed by atoms with Crippen LogP contribution in [0.3, 0.4) is 0 Å². The average Bonchev–Trinajstić information content (AvgIpc) is 3.24. The molecule has 0 radical (unpaired) electrons. The fraction of sp³-hybridized carbons (Fsp3) is 0.125. The third-order valence-corrected chi connectivity index (χ3v) is 3.67. The zero-order valence-corrected chi connectivity index (χ0v) is 12.4. The summed E-state index contributed by atoms with van der Waals surface area (Å²) in [6.07, 6.45) is 5.11. The molecule has 7 nitrogen and oxygen atoms in total. The summed E-state index contributed by atoms with van der Waals surface area (Å²) in [5.74, 6) is 0.698. The predicted molar refractivity (Wildman–Crippen MR) is 85.9 cm³/mol. The molecular weight excluding hydrogens is 290 g/mol. The minimum absolute atomic E-state index is 0.319. The highest BCUT2D eigenvalue weighted by atomic mass is 15.4. The van der Waals surface area contributed by atoms with E-state index in [-0.39, 0.29) is 0 Å². The highest BCUT2D eigenvalue weighted by molar-refractivity contribution is 5.75.